The van der Waals surface area contributed by atoms with Crippen molar-refractivity contribution in [1.82, 2.24) is 0 Å². The molecule has 6 saturated carbocycles. The monoisotopic (exact) mass is 656 g/mol. The third-order valence-corrected chi connectivity index (χ3v) is 18.0. The van der Waals surface area contributed by atoms with Gasteiger partial charge < -0.3 is 28.5 Å². The Bertz CT molecular complexity index is 1790. The fraction of sp³-hybridized carbons (Fsp3) is 0.769. The zero-order valence-electron chi connectivity index (χ0n) is 27.9. The van der Waals surface area contributed by atoms with Crippen molar-refractivity contribution in [2.75, 3.05) is 6.61 Å². The fourth-order valence-corrected chi connectivity index (χ4v) is 17.3. The van der Waals surface area contributed by atoms with E-state index in [1.165, 1.54) is 5.57 Å². The predicted octanol–water partition coefficient (Wildman–Crippen LogP) is 5.01. The molecule has 4 saturated heterocycles. The molecule has 5 aliphatic heterocycles. The van der Waals surface area contributed by atoms with E-state index in [1.54, 1.807) is 12.5 Å². The lowest BCUT2D eigenvalue weighted by molar-refractivity contribution is -0.282. The van der Waals surface area contributed by atoms with Crippen molar-refractivity contribution in [3.63, 3.8) is 0 Å². The summed E-state index contributed by atoms with van der Waals surface area (Å²) in [5, 5.41) is 12.8. The van der Waals surface area contributed by atoms with Crippen LogP contribution in [0.1, 0.15) is 96.6 Å². The SMILES string of the molecule is C[C@]12[C@H](O)C(=O)[C@H]3[C@@]45COC(=O)[C@H]6[C@@]7(C[C@@H](C[C@@]8(C)[C@H](c9ccoc9)OC(=O)[C@H]9O[C@@]918)[C@@H]24)[C@@H](CCC71CCCC1)CC1=CC[C@]3(C)O[C@@]165. The van der Waals surface area contributed by atoms with Crippen molar-refractivity contribution < 1.29 is 42.9 Å². The molecule has 0 amide bonds. The first-order valence-electron chi connectivity index (χ1n) is 18.6. The van der Waals surface area contributed by atoms with E-state index in [9.17, 15) is 14.7 Å². The zero-order chi connectivity index (χ0) is 32.6. The van der Waals surface area contributed by atoms with Crippen molar-refractivity contribution in [3.05, 3.63) is 35.8 Å². The highest BCUT2D eigenvalue weighted by Gasteiger charge is 2.97. The van der Waals surface area contributed by atoms with Crippen LogP contribution >= 0.6 is 0 Å². The molecule has 10 fully saturated rings. The third-order valence-electron chi connectivity index (χ3n) is 18.0. The van der Waals surface area contributed by atoms with Crippen molar-refractivity contribution in [2.45, 2.75) is 120 Å². The van der Waals surface area contributed by atoms with Crippen LogP contribution in [-0.2, 0) is 33.3 Å². The number of aliphatic hydroxyl groups is 1. The smallest absolute Gasteiger partial charge is 0.339 e. The van der Waals surface area contributed by atoms with Gasteiger partial charge in [-0.25, -0.2) is 4.79 Å². The molecule has 0 radical (unpaired) electrons. The summed E-state index contributed by atoms with van der Waals surface area (Å²) in [7, 11) is 0. The quantitative estimate of drug-likeness (QED) is 0.253. The summed E-state index contributed by atoms with van der Waals surface area (Å²) < 4.78 is 32.8. The number of hydrogen-bond acceptors (Lipinski definition) is 9. The molecule has 12 rings (SSSR count). The first-order valence-corrected chi connectivity index (χ1v) is 18.6. The van der Waals surface area contributed by atoms with Crippen LogP contribution in [0.4, 0.5) is 0 Å². The molecule has 15 atom stereocenters. The molecule has 6 aliphatic carbocycles. The number of Topliss-reactive ketones (excluding diaryl/α,β-unsaturated/α-hetero) is 1. The minimum absolute atomic E-state index is 0.000372. The Morgan fingerprint density at radius 2 is 1.75 bits per heavy atom. The van der Waals surface area contributed by atoms with Gasteiger partial charge in [0.15, 0.2) is 11.9 Å². The van der Waals surface area contributed by atoms with E-state index < -0.39 is 69.2 Å². The standard InChI is InChI=1S/C39H44O9/c1-32-15-20-16-36-21(7-12-35(36)9-4-5-10-35)14-22-6-11-33(2)25-23(40)27(41)34(3,24(20)37(25)18-45-30(42)26(36)38(22,37)48-33)39(32)29(47-39)31(43)46-28(32)19-8-13-44-17-19/h6,8,13,17,20-21,24-29,41H,4-5,7,9-12,14-16,18H2,1-3H3/t20-,21+,24+,25-,26+,27-,28+,29-,32+,33+,34+,36-,37-,38+,39-/m1/s1. The number of aliphatic hydroxyl groups excluding tert-OH is 1. The first-order chi connectivity index (χ1) is 22.9. The molecule has 1 aromatic heterocycles. The van der Waals surface area contributed by atoms with E-state index in [4.69, 9.17) is 23.4 Å². The Labute approximate surface area is 279 Å². The van der Waals surface area contributed by atoms with Crippen LogP contribution in [0.15, 0.2) is 34.7 Å². The van der Waals surface area contributed by atoms with Gasteiger partial charge in [-0.1, -0.05) is 32.8 Å². The van der Waals surface area contributed by atoms with Gasteiger partial charge in [-0.2, -0.15) is 0 Å². The summed E-state index contributed by atoms with van der Waals surface area (Å²) >= 11 is 0. The molecule has 48 heavy (non-hydrogen) atoms. The number of ketones is 1. The first kappa shape index (κ1) is 28.2. The number of carbonyl (C=O) groups is 3. The summed E-state index contributed by atoms with van der Waals surface area (Å²) in [6.07, 6.45) is 12.4. The highest BCUT2D eigenvalue weighted by molar-refractivity contribution is 5.93. The van der Waals surface area contributed by atoms with E-state index in [-0.39, 0.29) is 41.0 Å². The van der Waals surface area contributed by atoms with Gasteiger partial charge in [-0.05, 0) is 98.5 Å². The lowest BCUT2D eigenvalue weighted by Crippen LogP contribution is -2.80. The van der Waals surface area contributed by atoms with Gasteiger partial charge in [0.25, 0.3) is 0 Å². The van der Waals surface area contributed by atoms with Gasteiger partial charge in [0.05, 0.1) is 35.4 Å². The number of fused-ring (bicyclic) bond motifs is 2. The predicted molar refractivity (Wildman–Crippen MR) is 165 cm³/mol. The van der Waals surface area contributed by atoms with Crippen LogP contribution in [0.25, 0.3) is 0 Å². The number of hydrogen-bond donors (Lipinski definition) is 1. The Morgan fingerprint density at radius 3 is 2.52 bits per heavy atom. The minimum atomic E-state index is -1.38. The Hall–Kier alpha value is -2.49. The van der Waals surface area contributed by atoms with Gasteiger partial charge in [-0.3, -0.25) is 9.59 Å². The number of carbonyl (C=O) groups excluding carboxylic acids is 3. The van der Waals surface area contributed by atoms with Crippen LogP contribution in [0.5, 0.6) is 0 Å². The van der Waals surface area contributed by atoms with Crippen LogP contribution in [0.3, 0.4) is 0 Å². The van der Waals surface area contributed by atoms with Crippen molar-refractivity contribution >= 4 is 17.7 Å². The molecule has 9 nitrogen and oxygen atoms in total. The number of furan rings is 1. The van der Waals surface area contributed by atoms with E-state index in [2.05, 4.69) is 19.9 Å². The molecule has 1 N–H and O–H groups in total. The van der Waals surface area contributed by atoms with Gasteiger partial charge in [0.1, 0.15) is 30.0 Å². The molecule has 9 heteroatoms. The fourth-order valence-electron chi connectivity index (χ4n) is 17.3. The molecule has 254 valence electrons. The number of ether oxygens (including phenoxy) is 4. The highest BCUT2D eigenvalue weighted by Crippen LogP contribution is 2.90. The topological polar surface area (TPSA) is 125 Å². The zero-order valence-corrected chi connectivity index (χ0v) is 27.9. The number of cyclic esters (lactones) is 2. The second-order valence-corrected chi connectivity index (χ2v) is 18.8. The Kier molecular flexibility index (Phi) is 4.54. The minimum Gasteiger partial charge on any atom is -0.472 e. The molecule has 5 bridgehead atoms. The van der Waals surface area contributed by atoms with Crippen molar-refractivity contribution in [2.24, 2.45) is 56.7 Å². The second-order valence-electron chi connectivity index (χ2n) is 18.8. The normalized spacial score (nSPS) is 59.9. The average molecular weight is 657 g/mol. The largest absolute Gasteiger partial charge is 0.472 e. The van der Waals surface area contributed by atoms with Gasteiger partial charge >= 0.3 is 11.9 Å². The average Bonchev–Trinajstić information content (AvgIpc) is 3.36. The molecule has 5 spiro atoms. The maximum Gasteiger partial charge on any atom is 0.339 e. The molecular formula is C39H44O9. The van der Waals surface area contributed by atoms with Gasteiger partial charge in [0.2, 0.25) is 0 Å². The van der Waals surface area contributed by atoms with Crippen LogP contribution < -0.4 is 0 Å². The third kappa shape index (κ3) is 2.31. The van der Waals surface area contributed by atoms with Crippen LogP contribution in [0, 0.1) is 56.7 Å². The van der Waals surface area contributed by atoms with E-state index in [0.717, 1.165) is 56.9 Å². The van der Waals surface area contributed by atoms with Crippen LogP contribution in [0.2, 0.25) is 0 Å². The summed E-state index contributed by atoms with van der Waals surface area (Å²) in [4.78, 5) is 44.0. The van der Waals surface area contributed by atoms with Gasteiger partial charge in [-0.15, -0.1) is 0 Å². The maximum absolute atomic E-state index is 15.3. The lowest BCUT2D eigenvalue weighted by Gasteiger charge is -2.70. The molecule has 1 aromatic rings. The number of rotatable bonds is 1. The summed E-state index contributed by atoms with van der Waals surface area (Å²) in [6, 6.07) is 1.86. The summed E-state index contributed by atoms with van der Waals surface area (Å²) in [6.45, 7) is 6.35. The molecular weight excluding hydrogens is 612 g/mol. The molecule has 0 aromatic carbocycles. The van der Waals surface area contributed by atoms with E-state index in [0.29, 0.717) is 18.8 Å². The second kappa shape index (κ2) is 7.71. The number of esters is 2. The Morgan fingerprint density at radius 1 is 0.938 bits per heavy atom. The molecule has 0 unspecified atom stereocenters. The van der Waals surface area contributed by atoms with E-state index >= 15 is 4.79 Å². The Balaban J connectivity index is 1.21. The molecule has 6 heterocycles. The number of epoxide rings is 1. The summed E-state index contributed by atoms with van der Waals surface area (Å²) in [5.41, 5.74) is -4.22. The molecule has 11 aliphatic rings. The van der Waals surface area contributed by atoms with E-state index in [1.807, 2.05) is 13.0 Å². The van der Waals surface area contributed by atoms with Gasteiger partial charge in [0, 0.05) is 16.4 Å². The van der Waals surface area contributed by atoms with Crippen LogP contribution in [-0.4, -0.2) is 58.4 Å². The van der Waals surface area contributed by atoms with Crippen molar-refractivity contribution in [3.8, 4) is 0 Å². The summed E-state index contributed by atoms with van der Waals surface area (Å²) in [5.74, 6) is -1.95. The lowest BCUT2D eigenvalue weighted by atomic mass is 9.33. The maximum atomic E-state index is 15.3. The highest BCUT2D eigenvalue weighted by atomic mass is 16.7. The van der Waals surface area contributed by atoms with Crippen molar-refractivity contribution in [1.29, 1.82) is 0 Å².